The monoisotopic (exact) mass is 457 g/mol. The molecule has 5 heteroatoms. The number of carbonyl (C=O) groups is 1. The number of methoxy groups -OCH3 is 1. The van der Waals surface area contributed by atoms with Crippen molar-refractivity contribution < 1.29 is 18.3 Å². The van der Waals surface area contributed by atoms with Gasteiger partial charge in [0.1, 0.15) is 17.1 Å². The summed E-state index contributed by atoms with van der Waals surface area (Å²) in [5.74, 6) is 0.182. The van der Waals surface area contributed by atoms with Gasteiger partial charge in [-0.15, -0.1) is 0 Å². The maximum absolute atomic E-state index is 13.0. The van der Waals surface area contributed by atoms with Crippen LogP contribution in [0.1, 0.15) is 29.2 Å². The molecule has 0 aliphatic heterocycles. The molecule has 34 heavy (non-hydrogen) atoms. The number of aryl methyl sites for hydroxylation is 2. The van der Waals surface area contributed by atoms with Gasteiger partial charge < -0.3 is 14.5 Å². The summed E-state index contributed by atoms with van der Waals surface area (Å²) >= 11 is 0. The number of rotatable bonds is 7. The van der Waals surface area contributed by atoms with E-state index in [2.05, 4.69) is 37.4 Å². The Morgan fingerprint density at radius 2 is 1.82 bits per heavy atom. The average molecular weight is 458 g/mol. The maximum Gasteiger partial charge on any atom is 0.244 e. The minimum atomic E-state index is -0.268. The van der Waals surface area contributed by atoms with E-state index in [1.54, 1.807) is 31.6 Å². The number of amides is 1. The molecule has 4 rings (SSSR count). The summed E-state index contributed by atoms with van der Waals surface area (Å²) in [6, 6.07) is 16.5. The second-order valence-electron chi connectivity index (χ2n) is 8.51. The standard InChI is InChI=1S/C29H28FNO3/c1-18-5-10-23(19(2)13-18)26-17-34-28-16-27(33-4)24(15-25(26)28)20(3)14-29(32)31-12-11-21-6-8-22(30)9-7-21/h5-10,13-17H,11-12H2,1-4H3,(H,31,32)/b20-14+. The van der Waals surface area contributed by atoms with E-state index >= 15 is 0 Å². The molecule has 0 radical (unpaired) electrons. The molecule has 0 saturated heterocycles. The van der Waals surface area contributed by atoms with Crippen molar-refractivity contribution in [2.24, 2.45) is 0 Å². The smallest absolute Gasteiger partial charge is 0.244 e. The highest BCUT2D eigenvalue weighted by atomic mass is 19.1. The van der Waals surface area contributed by atoms with Crippen LogP contribution in [-0.2, 0) is 11.2 Å². The lowest BCUT2D eigenvalue weighted by Gasteiger charge is -2.11. The molecular formula is C29H28FNO3. The average Bonchev–Trinajstić information content (AvgIpc) is 3.22. The van der Waals surface area contributed by atoms with E-state index in [0.717, 1.165) is 38.8 Å². The van der Waals surface area contributed by atoms with Gasteiger partial charge in [0.25, 0.3) is 0 Å². The van der Waals surface area contributed by atoms with Crippen LogP contribution in [0.15, 0.2) is 71.4 Å². The minimum Gasteiger partial charge on any atom is -0.496 e. The van der Waals surface area contributed by atoms with E-state index in [4.69, 9.17) is 9.15 Å². The summed E-state index contributed by atoms with van der Waals surface area (Å²) in [7, 11) is 1.61. The van der Waals surface area contributed by atoms with Crippen molar-refractivity contribution in [2.75, 3.05) is 13.7 Å². The number of allylic oxidation sites excluding steroid dienone is 1. The molecule has 0 aliphatic carbocycles. The molecule has 0 aliphatic rings. The molecule has 4 aromatic rings. The number of furan rings is 1. The van der Waals surface area contributed by atoms with Gasteiger partial charge in [-0.1, -0.05) is 35.9 Å². The fraction of sp³-hybridized carbons (Fsp3) is 0.207. The highest BCUT2D eigenvalue weighted by molar-refractivity contribution is 6.00. The highest BCUT2D eigenvalue weighted by Gasteiger charge is 2.16. The van der Waals surface area contributed by atoms with E-state index in [-0.39, 0.29) is 11.7 Å². The van der Waals surface area contributed by atoms with Crippen LogP contribution >= 0.6 is 0 Å². The van der Waals surface area contributed by atoms with Crippen molar-refractivity contribution in [3.63, 3.8) is 0 Å². The van der Waals surface area contributed by atoms with Gasteiger partial charge in [0.2, 0.25) is 5.91 Å². The molecule has 0 atom stereocenters. The Labute approximate surface area is 199 Å². The molecular weight excluding hydrogens is 429 g/mol. The van der Waals surface area contributed by atoms with Crippen LogP contribution in [-0.4, -0.2) is 19.6 Å². The van der Waals surface area contributed by atoms with Crippen LogP contribution in [0.2, 0.25) is 0 Å². The van der Waals surface area contributed by atoms with E-state index < -0.39 is 0 Å². The molecule has 1 amide bonds. The molecule has 174 valence electrons. The molecule has 0 saturated carbocycles. The number of nitrogens with one attached hydrogen (secondary N) is 1. The molecule has 3 aromatic carbocycles. The number of halogens is 1. The summed E-state index contributed by atoms with van der Waals surface area (Å²) in [6.07, 6.45) is 3.97. The number of carbonyl (C=O) groups excluding carboxylic acids is 1. The van der Waals surface area contributed by atoms with Gasteiger partial charge in [0.15, 0.2) is 0 Å². The SMILES string of the molecule is COc1cc2occ(-c3ccc(C)cc3C)c2cc1/C(C)=C/C(=O)NCCc1ccc(F)cc1. The summed E-state index contributed by atoms with van der Waals surface area (Å²) < 4.78 is 24.5. The van der Waals surface area contributed by atoms with Gasteiger partial charge in [-0.05, 0) is 67.7 Å². The van der Waals surface area contributed by atoms with E-state index in [1.165, 1.54) is 23.3 Å². The molecule has 0 bridgehead atoms. The van der Waals surface area contributed by atoms with Crippen LogP contribution in [0.5, 0.6) is 5.75 Å². The fourth-order valence-corrected chi connectivity index (χ4v) is 4.16. The Hall–Kier alpha value is -3.86. The Morgan fingerprint density at radius 1 is 1.06 bits per heavy atom. The maximum atomic E-state index is 13.0. The lowest BCUT2D eigenvalue weighted by atomic mass is 9.96. The number of benzene rings is 3. The first kappa shape index (κ1) is 23.3. The van der Waals surface area contributed by atoms with E-state index in [9.17, 15) is 9.18 Å². The van der Waals surface area contributed by atoms with Crippen LogP contribution in [0, 0.1) is 19.7 Å². The first-order valence-corrected chi connectivity index (χ1v) is 11.2. The summed E-state index contributed by atoms with van der Waals surface area (Å²) in [6.45, 7) is 6.52. The molecule has 1 N–H and O–H groups in total. The summed E-state index contributed by atoms with van der Waals surface area (Å²) in [4.78, 5) is 12.5. The molecule has 4 nitrogen and oxygen atoms in total. The molecule has 1 aromatic heterocycles. The van der Waals surface area contributed by atoms with Crippen LogP contribution in [0.25, 0.3) is 27.7 Å². The van der Waals surface area contributed by atoms with Crippen LogP contribution in [0.3, 0.4) is 0 Å². The summed E-state index contributed by atoms with van der Waals surface area (Å²) in [5.41, 5.74) is 7.81. The zero-order valence-electron chi connectivity index (χ0n) is 19.9. The Bertz CT molecular complexity index is 1370. The third-order valence-corrected chi connectivity index (χ3v) is 5.97. The van der Waals surface area contributed by atoms with Crippen LogP contribution < -0.4 is 10.1 Å². The normalized spacial score (nSPS) is 11.6. The third-order valence-electron chi connectivity index (χ3n) is 5.97. The lowest BCUT2D eigenvalue weighted by Crippen LogP contribution is -2.23. The van der Waals surface area contributed by atoms with Crippen molar-refractivity contribution in [3.8, 4) is 16.9 Å². The number of fused-ring (bicyclic) bond motifs is 1. The van der Waals surface area contributed by atoms with Gasteiger partial charge in [-0.3, -0.25) is 4.79 Å². The Morgan fingerprint density at radius 3 is 2.53 bits per heavy atom. The molecule has 0 fully saturated rings. The summed E-state index contributed by atoms with van der Waals surface area (Å²) in [5, 5.41) is 3.86. The fourth-order valence-electron chi connectivity index (χ4n) is 4.16. The zero-order valence-corrected chi connectivity index (χ0v) is 19.9. The minimum absolute atomic E-state index is 0.191. The quantitative estimate of drug-likeness (QED) is 0.317. The van der Waals surface area contributed by atoms with Crippen molar-refractivity contribution >= 4 is 22.4 Å². The van der Waals surface area contributed by atoms with Crippen molar-refractivity contribution in [2.45, 2.75) is 27.2 Å². The number of ether oxygens (including phenoxy) is 1. The molecule has 0 unspecified atom stereocenters. The van der Waals surface area contributed by atoms with Crippen molar-refractivity contribution in [3.05, 3.63) is 95.0 Å². The third kappa shape index (κ3) is 5.04. The van der Waals surface area contributed by atoms with Gasteiger partial charge in [-0.25, -0.2) is 4.39 Å². The Balaban J connectivity index is 1.58. The predicted octanol–water partition coefficient (Wildman–Crippen LogP) is 6.63. The first-order valence-electron chi connectivity index (χ1n) is 11.2. The topological polar surface area (TPSA) is 51.5 Å². The largest absolute Gasteiger partial charge is 0.496 e. The van der Waals surface area contributed by atoms with Gasteiger partial charge in [0, 0.05) is 35.2 Å². The highest BCUT2D eigenvalue weighted by Crippen LogP contribution is 2.38. The predicted molar refractivity (Wildman–Crippen MR) is 134 cm³/mol. The zero-order chi connectivity index (χ0) is 24.2. The number of hydrogen-bond acceptors (Lipinski definition) is 3. The van der Waals surface area contributed by atoms with E-state index in [1.807, 2.05) is 19.1 Å². The Kier molecular flexibility index (Phi) is 6.82. The van der Waals surface area contributed by atoms with Crippen molar-refractivity contribution in [1.82, 2.24) is 5.32 Å². The number of hydrogen-bond donors (Lipinski definition) is 1. The van der Waals surface area contributed by atoms with Crippen molar-refractivity contribution in [1.29, 1.82) is 0 Å². The van der Waals surface area contributed by atoms with E-state index in [0.29, 0.717) is 18.7 Å². The lowest BCUT2D eigenvalue weighted by molar-refractivity contribution is -0.116. The van der Waals surface area contributed by atoms with Gasteiger partial charge in [0.05, 0.1) is 13.4 Å². The van der Waals surface area contributed by atoms with Crippen LogP contribution in [0.4, 0.5) is 4.39 Å². The van der Waals surface area contributed by atoms with Gasteiger partial charge in [-0.2, -0.15) is 0 Å². The molecule has 1 heterocycles. The molecule has 0 spiro atoms. The second-order valence-corrected chi connectivity index (χ2v) is 8.51. The second kappa shape index (κ2) is 9.96. The van der Waals surface area contributed by atoms with Gasteiger partial charge >= 0.3 is 0 Å². The first-order chi connectivity index (χ1) is 16.4.